The molecular formula is C11H19N3O2. The van der Waals surface area contributed by atoms with Crippen LogP contribution in [0, 0.1) is 6.92 Å². The molecule has 0 bridgehead atoms. The van der Waals surface area contributed by atoms with Crippen molar-refractivity contribution in [1.82, 2.24) is 10.3 Å². The Bertz CT molecular complexity index is 358. The summed E-state index contributed by atoms with van der Waals surface area (Å²) in [7, 11) is 0. The molecule has 0 radical (unpaired) electrons. The molecule has 0 aliphatic heterocycles. The largest absolute Gasteiger partial charge is 0.444 e. The predicted molar refractivity (Wildman–Crippen MR) is 60.6 cm³/mol. The van der Waals surface area contributed by atoms with Gasteiger partial charge in [0.15, 0.2) is 0 Å². The highest BCUT2D eigenvalue weighted by atomic mass is 16.4. The van der Waals surface area contributed by atoms with Gasteiger partial charge in [-0.25, -0.2) is 4.98 Å². The van der Waals surface area contributed by atoms with Gasteiger partial charge in [-0.3, -0.25) is 4.79 Å². The lowest BCUT2D eigenvalue weighted by Crippen LogP contribution is -2.51. The van der Waals surface area contributed by atoms with Gasteiger partial charge < -0.3 is 15.5 Å². The Morgan fingerprint density at radius 1 is 1.69 bits per heavy atom. The maximum absolute atomic E-state index is 11.7. The molecule has 0 saturated heterocycles. The number of rotatable bonds is 5. The van der Waals surface area contributed by atoms with Gasteiger partial charge in [0.05, 0.1) is 18.3 Å². The molecule has 0 aliphatic rings. The smallest absolute Gasteiger partial charge is 0.240 e. The highest BCUT2D eigenvalue weighted by molar-refractivity contribution is 5.85. The zero-order valence-corrected chi connectivity index (χ0v) is 10.0. The lowest BCUT2D eigenvalue weighted by Gasteiger charge is -2.22. The maximum Gasteiger partial charge on any atom is 0.240 e. The zero-order valence-electron chi connectivity index (χ0n) is 10.0. The van der Waals surface area contributed by atoms with Gasteiger partial charge >= 0.3 is 0 Å². The second kappa shape index (κ2) is 5.12. The Hall–Kier alpha value is -1.36. The number of carbonyl (C=O) groups is 1. The van der Waals surface area contributed by atoms with Crippen LogP contribution in [0.5, 0.6) is 0 Å². The molecule has 1 amide bonds. The molecule has 5 heteroatoms. The second-order valence-electron chi connectivity index (χ2n) is 4.21. The van der Waals surface area contributed by atoms with Crippen LogP contribution in [-0.4, -0.2) is 16.4 Å². The maximum atomic E-state index is 11.7. The third kappa shape index (κ3) is 3.34. The van der Waals surface area contributed by atoms with Gasteiger partial charge in [0.25, 0.3) is 0 Å². The van der Waals surface area contributed by atoms with E-state index in [4.69, 9.17) is 10.2 Å². The highest BCUT2D eigenvalue weighted by Gasteiger charge is 2.26. The highest BCUT2D eigenvalue weighted by Crippen LogP contribution is 2.09. The van der Waals surface area contributed by atoms with Crippen LogP contribution in [0.2, 0.25) is 0 Å². The van der Waals surface area contributed by atoms with Crippen LogP contribution in [0.4, 0.5) is 0 Å². The first-order valence-electron chi connectivity index (χ1n) is 5.44. The zero-order chi connectivity index (χ0) is 12.2. The molecular weight excluding hydrogens is 206 g/mol. The number of oxazole rings is 1. The van der Waals surface area contributed by atoms with Crippen LogP contribution < -0.4 is 11.1 Å². The van der Waals surface area contributed by atoms with Gasteiger partial charge in [0.1, 0.15) is 5.76 Å². The van der Waals surface area contributed by atoms with Gasteiger partial charge in [0.2, 0.25) is 11.8 Å². The molecule has 1 heterocycles. The Kier molecular flexibility index (Phi) is 4.06. The number of hydrogen-bond acceptors (Lipinski definition) is 4. The summed E-state index contributed by atoms with van der Waals surface area (Å²) in [5, 5.41) is 2.72. The third-order valence-corrected chi connectivity index (χ3v) is 2.36. The van der Waals surface area contributed by atoms with E-state index in [1.54, 1.807) is 13.1 Å². The minimum Gasteiger partial charge on any atom is -0.444 e. The average Bonchev–Trinajstić information content (AvgIpc) is 2.60. The van der Waals surface area contributed by atoms with Crippen LogP contribution in [0.1, 0.15) is 38.3 Å². The fraction of sp³-hybridized carbons (Fsp3) is 0.636. The van der Waals surface area contributed by atoms with Crippen LogP contribution in [-0.2, 0) is 11.3 Å². The van der Waals surface area contributed by atoms with E-state index >= 15 is 0 Å². The van der Waals surface area contributed by atoms with E-state index in [0.717, 1.165) is 12.2 Å². The fourth-order valence-electron chi connectivity index (χ4n) is 1.47. The van der Waals surface area contributed by atoms with E-state index in [-0.39, 0.29) is 12.5 Å². The number of amides is 1. The summed E-state index contributed by atoms with van der Waals surface area (Å²) < 4.78 is 5.24. The van der Waals surface area contributed by atoms with Crippen molar-refractivity contribution in [3.8, 4) is 0 Å². The molecule has 1 aromatic heterocycles. The molecule has 16 heavy (non-hydrogen) atoms. The van der Waals surface area contributed by atoms with Crippen LogP contribution in [0.3, 0.4) is 0 Å². The van der Waals surface area contributed by atoms with E-state index in [0.29, 0.717) is 12.3 Å². The van der Waals surface area contributed by atoms with Crippen LogP contribution >= 0.6 is 0 Å². The fourth-order valence-corrected chi connectivity index (χ4v) is 1.47. The number of aromatic nitrogens is 1. The summed E-state index contributed by atoms with van der Waals surface area (Å²) in [6.07, 6.45) is 3.15. The third-order valence-electron chi connectivity index (χ3n) is 2.36. The topological polar surface area (TPSA) is 81.2 Å². The normalized spacial score (nSPS) is 14.5. The van der Waals surface area contributed by atoms with Crippen molar-refractivity contribution in [2.45, 2.75) is 45.7 Å². The second-order valence-corrected chi connectivity index (χ2v) is 4.21. The summed E-state index contributed by atoms with van der Waals surface area (Å²) in [5.74, 6) is 1.05. The molecule has 0 aromatic carbocycles. The van der Waals surface area contributed by atoms with Crippen LogP contribution in [0.25, 0.3) is 0 Å². The van der Waals surface area contributed by atoms with Crippen molar-refractivity contribution in [3.63, 3.8) is 0 Å². The molecule has 0 spiro atoms. The minimum atomic E-state index is -0.823. The van der Waals surface area contributed by atoms with Crippen LogP contribution in [0.15, 0.2) is 10.6 Å². The lowest BCUT2D eigenvalue weighted by atomic mass is 9.97. The lowest BCUT2D eigenvalue weighted by molar-refractivity contribution is -0.126. The molecule has 1 aromatic rings. The first-order valence-corrected chi connectivity index (χ1v) is 5.44. The van der Waals surface area contributed by atoms with Crippen molar-refractivity contribution in [1.29, 1.82) is 0 Å². The number of nitrogens with one attached hydrogen (secondary N) is 1. The summed E-state index contributed by atoms with van der Waals surface area (Å²) in [6, 6.07) is 0. The van der Waals surface area contributed by atoms with Gasteiger partial charge in [-0.15, -0.1) is 0 Å². The standard InChI is InChI=1S/C11H19N3O2/c1-4-5-11(3,12)10(15)14-7-9-13-6-8(2)16-9/h6H,4-5,7,12H2,1-3H3,(H,14,15). The Morgan fingerprint density at radius 3 is 2.88 bits per heavy atom. The van der Waals surface area contributed by atoms with Gasteiger partial charge in [-0.1, -0.05) is 13.3 Å². The first kappa shape index (κ1) is 12.7. The van der Waals surface area contributed by atoms with Crippen molar-refractivity contribution < 1.29 is 9.21 Å². The number of hydrogen-bond donors (Lipinski definition) is 2. The molecule has 90 valence electrons. The monoisotopic (exact) mass is 225 g/mol. The molecule has 3 N–H and O–H groups in total. The number of nitrogens with zero attached hydrogens (tertiary/aromatic N) is 1. The first-order chi connectivity index (χ1) is 7.45. The molecule has 5 nitrogen and oxygen atoms in total. The molecule has 0 fully saturated rings. The van der Waals surface area contributed by atoms with Crippen molar-refractivity contribution in [3.05, 3.63) is 17.8 Å². The quantitative estimate of drug-likeness (QED) is 0.786. The molecule has 1 rings (SSSR count). The van der Waals surface area contributed by atoms with Gasteiger partial charge in [-0.2, -0.15) is 0 Å². The summed E-state index contributed by atoms with van der Waals surface area (Å²) >= 11 is 0. The van der Waals surface area contributed by atoms with Gasteiger partial charge in [0, 0.05) is 0 Å². The molecule has 1 atom stereocenters. The van der Waals surface area contributed by atoms with E-state index in [2.05, 4.69) is 10.3 Å². The minimum absolute atomic E-state index is 0.176. The summed E-state index contributed by atoms with van der Waals surface area (Å²) in [5.41, 5.74) is 5.05. The van der Waals surface area contributed by atoms with Crippen molar-refractivity contribution in [2.75, 3.05) is 0 Å². The van der Waals surface area contributed by atoms with Crippen molar-refractivity contribution in [2.24, 2.45) is 5.73 Å². The van der Waals surface area contributed by atoms with E-state index in [1.807, 2.05) is 13.8 Å². The summed E-state index contributed by atoms with van der Waals surface area (Å²) in [4.78, 5) is 15.7. The predicted octanol–water partition coefficient (Wildman–Crippen LogP) is 1.12. The molecule has 0 aliphatic carbocycles. The van der Waals surface area contributed by atoms with Crippen molar-refractivity contribution >= 4 is 5.91 Å². The van der Waals surface area contributed by atoms with E-state index < -0.39 is 5.54 Å². The van der Waals surface area contributed by atoms with Gasteiger partial charge in [-0.05, 0) is 20.3 Å². The number of aryl methyl sites for hydroxylation is 1. The number of nitrogens with two attached hydrogens (primary N) is 1. The SMILES string of the molecule is CCCC(C)(N)C(=O)NCc1ncc(C)o1. The molecule has 0 saturated carbocycles. The Morgan fingerprint density at radius 2 is 2.38 bits per heavy atom. The van der Waals surface area contributed by atoms with E-state index in [9.17, 15) is 4.79 Å². The Labute approximate surface area is 95.4 Å². The Balaban J connectivity index is 2.46. The van der Waals surface area contributed by atoms with E-state index in [1.165, 1.54) is 0 Å². The molecule has 1 unspecified atom stereocenters. The number of carbonyl (C=O) groups excluding carboxylic acids is 1. The summed E-state index contributed by atoms with van der Waals surface area (Å²) in [6.45, 7) is 5.81. The average molecular weight is 225 g/mol.